The third-order valence-electron chi connectivity index (χ3n) is 1.34. The molecule has 0 aliphatic rings. The molecule has 0 saturated carbocycles. The molecule has 0 radical (unpaired) electrons. The first kappa shape index (κ1) is 11.4. The zero-order valence-electron chi connectivity index (χ0n) is 6.98. The summed E-state index contributed by atoms with van der Waals surface area (Å²) in [6.45, 7) is 3.42. The number of nitrogens with two attached hydrogens (primary N) is 1. The summed E-state index contributed by atoms with van der Waals surface area (Å²) in [5.41, 5.74) is 5.03. The molecular formula is C7H12F3NO. The minimum absolute atomic E-state index is 0.00806. The maximum atomic E-state index is 11.7. The highest BCUT2D eigenvalue weighted by Gasteiger charge is 2.41. The number of halogens is 3. The first-order valence-corrected chi connectivity index (χ1v) is 3.61. The number of ketones is 1. The molecule has 0 spiro atoms. The van der Waals surface area contributed by atoms with Crippen molar-refractivity contribution in [2.75, 3.05) is 0 Å². The van der Waals surface area contributed by atoms with E-state index in [-0.39, 0.29) is 12.3 Å². The number of carbonyl (C=O) groups is 1. The predicted octanol–water partition coefficient (Wildman–Crippen LogP) is 1.49. The van der Waals surface area contributed by atoms with Gasteiger partial charge in [-0.2, -0.15) is 13.2 Å². The fourth-order valence-corrected chi connectivity index (χ4v) is 0.825. The van der Waals surface area contributed by atoms with Crippen LogP contribution in [-0.4, -0.2) is 18.0 Å². The van der Waals surface area contributed by atoms with E-state index in [0.29, 0.717) is 0 Å². The van der Waals surface area contributed by atoms with Crippen LogP contribution < -0.4 is 5.73 Å². The molecular weight excluding hydrogens is 171 g/mol. The van der Waals surface area contributed by atoms with Gasteiger partial charge in [-0.3, -0.25) is 4.79 Å². The smallest absolute Gasteiger partial charge is 0.321 e. The van der Waals surface area contributed by atoms with Gasteiger partial charge in [0.1, 0.15) is 0 Å². The minimum atomic E-state index is -4.80. The van der Waals surface area contributed by atoms with Crippen LogP contribution >= 0.6 is 0 Å². The van der Waals surface area contributed by atoms with Gasteiger partial charge in [0.25, 0.3) is 5.78 Å². The van der Waals surface area contributed by atoms with Crippen LogP contribution in [0, 0.1) is 5.92 Å². The van der Waals surface area contributed by atoms with Crippen molar-refractivity contribution < 1.29 is 18.0 Å². The van der Waals surface area contributed by atoms with E-state index in [0.717, 1.165) is 0 Å². The molecule has 0 unspecified atom stereocenters. The Morgan fingerprint density at radius 3 is 2.08 bits per heavy atom. The van der Waals surface area contributed by atoms with Crippen LogP contribution in [0.25, 0.3) is 0 Å². The Bertz CT molecular complexity index is 165. The van der Waals surface area contributed by atoms with Crippen molar-refractivity contribution in [2.24, 2.45) is 11.7 Å². The van der Waals surface area contributed by atoms with E-state index in [2.05, 4.69) is 0 Å². The molecule has 12 heavy (non-hydrogen) atoms. The highest BCUT2D eigenvalue weighted by molar-refractivity contribution is 5.88. The van der Waals surface area contributed by atoms with Crippen LogP contribution in [-0.2, 0) is 4.79 Å². The van der Waals surface area contributed by atoms with Crippen molar-refractivity contribution >= 4 is 5.78 Å². The van der Waals surface area contributed by atoms with Gasteiger partial charge in [-0.15, -0.1) is 0 Å². The molecule has 0 aliphatic heterocycles. The molecule has 0 saturated heterocycles. The Morgan fingerprint density at radius 2 is 1.83 bits per heavy atom. The maximum Gasteiger partial charge on any atom is 0.451 e. The molecule has 0 aromatic heterocycles. The largest absolute Gasteiger partial charge is 0.451 e. The standard InChI is InChI=1S/C7H12F3NO/c1-4(2)3-5(11)6(12)7(8,9)10/h4-5H,3,11H2,1-2H3/t5-/m1/s1. The summed E-state index contributed by atoms with van der Waals surface area (Å²) in [5.74, 6) is -1.84. The van der Waals surface area contributed by atoms with Crippen molar-refractivity contribution in [3.8, 4) is 0 Å². The van der Waals surface area contributed by atoms with Crippen molar-refractivity contribution in [1.29, 1.82) is 0 Å². The second kappa shape index (κ2) is 3.89. The number of hydrogen-bond donors (Lipinski definition) is 1. The Labute approximate surface area is 68.9 Å². The number of Topliss-reactive ketones (excluding diaryl/α,β-unsaturated/α-hetero) is 1. The van der Waals surface area contributed by atoms with Crippen LogP contribution in [0.5, 0.6) is 0 Å². The Hall–Kier alpha value is -0.580. The first-order valence-electron chi connectivity index (χ1n) is 3.61. The average molecular weight is 183 g/mol. The van der Waals surface area contributed by atoms with Gasteiger partial charge in [0.05, 0.1) is 6.04 Å². The lowest BCUT2D eigenvalue weighted by molar-refractivity contribution is -0.172. The van der Waals surface area contributed by atoms with E-state index in [9.17, 15) is 18.0 Å². The SMILES string of the molecule is CC(C)C[C@@H](N)C(=O)C(F)(F)F. The van der Waals surface area contributed by atoms with Crippen molar-refractivity contribution in [3.63, 3.8) is 0 Å². The van der Waals surface area contributed by atoms with Gasteiger partial charge in [-0.25, -0.2) is 0 Å². The van der Waals surface area contributed by atoms with Gasteiger partial charge in [0.2, 0.25) is 0 Å². The molecule has 2 nitrogen and oxygen atoms in total. The van der Waals surface area contributed by atoms with Crippen molar-refractivity contribution in [3.05, 3.63) is 0 Å². The molecule has 0 rings (SSSR count). The summed E-state index contributed by atoms with van der Waals surface area (Å²) in [7, 11) is 0. The van der Waals surface area contributed by atoms with E-state index >= 15 is 0 Å². The molecule has 0 heterocycles. The second-order valence-corrected chi connectivity index (χ2v) is 3.10. The molecule has 0 fully saturated rings. The second-order valence-electron chi connectivity index (χ2n) is 3.10. The molecule has 0 bridgehead atoms. The Balaban J connectivity index is 4.12. The highest BCUT2D eigenvalue weighted by Crippen LogP contribution is 2.19. The predicted molar refractivity (Wildman–Crippen MR) is 38.5 cm³/mol. The fourth-order valence-electron chi connectivity index (χ4n) is 0.825. The molecule has 0 amide bonds. The van der Waals surface area contributed by atoms with Crippen LogP contribution in [0.1, 0.15) is 20.3 Å². The molecule has 0 aromatic rings. The summed E-state index contributed by atoms with van der Waals surface area (Å²) in [6, 6.07) is -1.41. The highest BCUT2D eigenvalue weighted by atomic mass is 19.4. The maximum absolute atomic E-state index is 11.7. The number of rotatable bonds is 3. The summed E-state index contributed by atoms with van der Waals surface area (Å²) in [6.07, 6.45) is -4.73. The normalized spacial score (nSPS) is 14.9. The van der Waals surface area contributed by atoms with Crippen LogP contribution in [0.2, 0.25) is 0 Å². The van der Waals surface area contributed by atoms with Crippen molar-refractivity contribution in [1.82, 2.24) is 0 Å². The van der Waals surface area contributed by atoms with E-state index in [1.54, 1.807) is 13.8 Å². The van der Waals surface area contributed by atoms with Gasteiger partial charge >= 0.3 is 6.18 Å². The average Bonchev–Trinajstić information content (AvgIpc) is 1.82. The van der Waals surface area contributed by atoms with E-state index in [4.69, 9.17) is 5.73 Å². The molecule has 72 valence electrons. The zero-order valence-corrected chi connectivity index (χ0v) is 6.98. The van der Waals surface area contributed by atoms with Gasteiger partial charge < -0.3 is 5.73 Å². The monoisotopic (exact) mass is 183 g/mol. The van der Waals surface area contributed by atoms with Gasteiger partial charge in [-0.1, -0.05) is 13.8 Å². The van der Waals surface area contributed by atoms with E-state index < -0.39 is 18.0 Å². The summed E-state index contributed by atoms with van der Waals surface area (Å²) in [4.78, 5) is 10.5. The van der Waals surface area contributed by atoms with E-state index in [1.165, 1.54) is 0 Å². The van der Waals surface area contributed by atoms with Crippen LogP contribution in [0.4, 0.5) is 13.2 Å². The van der Waals surface area contributed by atoms with Gasteiger partial charge in [0, 0.05) is 0 Å². The molecule has 0 aromatic carbocycles. The van der Waals surface area contributed by atoms with Crippen LogP contribution in [0.15, 0.2) is 0 Å². The van der Waals surface area contributed by atoms with Crippen LogP contribution in [0.3, 0.4) is 0 Å². The lowest BCUT2D eigenvalue weighted by Crippen LogP contribution is -2.41. The third kappa shape index (κ3) is 3.71. The van der Waals surface area contributed by atoms with E-state index in [1.807, 2.05) is 0 Å². The van der Waals surface area contributed by atoms with Gasteiger partial charge in [-0.05, 0) is 12.3 Å². The summed E-state index contributed by atoms with van der Waals surface area (Å²) >= 11 is 0. The molecule has 2 N–H and O–H groups in total. The number of carbonyl (C=O) groups excluding carboxylic acids is 1. The number of alkyl halides is 3. The Kier molecular flexibility index (Phi) is 3.70. The fraction of sp³-hybridized carbons (Fsp3) is 0.857. The Morgan fingerprint density at radius 1 is 1.42 bits per heavy atom. The molecule has 5 heteroatoms. The molecule has 1 atom stereocenters. The number of hydrogen-bond acceptors (Lipinski definition) is 2. The molecule has 0 aliphatic carbocycles. The quantitative estimate of drug-likeness (QED) is 0.720. The van der Waals surface area contributed by atoms with Crippen molar-refractivity contribution in [2.45, 2.75) is 32.5 Å². The summed E-state index contributed by atoms with van der Waals surface area (Å²) < 4.78 is 35.2. The minimum Gasteiger partial charge on any atom is -0.321 e. The topological polar surface area (TPSA) is 43.1 Å². The van der Waals surface area contributed by atoms with Gasteiger partial charge in [0.15, 0.2) is 0 Å². The lowest BCUT2D eigenvalue weighted by Gasteiger charge is -2.14. The summed E-state index contributed by atoms with van der Waals surface area (Å²) in [5, 5.41) is 0. The third-order valence-corrected chi connectivity index (χ3v) is 1.34. The lowest BCUT2D eigenvalue weighted by atomic mass is 10.0. The zero-order chi connectivity index (χ0) is 9.94. The first-order chi connectivity index (χ1) is 5.25.